The second-order valence-corrected chi connectivity index (χ2v) is 10.7. The number of rotatable bonds is 11. The Morgan fingerprint density at radius 1 is 1.24 bits per heavy atom. The summed E-state index contributed by atoms with van der Waals surface area (Å²) in [7, 11) is 0. The van der Waals surface area contributed by atoms with Gasteiger partial charge in [0.15, 0.2) is 0 Å². The molecule has 0 bridgehead atoms. The highest BCUT2D eigenvalue weighted by atomic mass is 35.5. The van der Waals surface area contributed by atoms with Gasteiger partial charge in [0.2, 0.25) is 0 Å². The molecule has 5 rings (SSSR count). The Morgan fingerprint density at radius 2 is 2.02 bits per heavy atom. The number of nitrogens with one attached hydrogen (secondary N) is 1. The normalized spacial score (nSPS) is 18.7. The number of ether oxygens (including phenoxy) is 1. The van der Waals surface area contributed by atoms with E-state index in [0.29, 0.717) is 31.0 Å². The Morgan fingerprint density at radius 3 is 2.71 bits per heavy atom. The summed E-state index contributed by atoms with van der Waals surface area (Å²) in [5.74, 6) is 1.10. The molecule has 2 N–H and O–H groups in total. The Balaban J connectivity index is 1.22. The van der Waals surface area contributed by atoms with Crippen LogP contribution in [0.3, 0.4) is 0 Å². The molecule has 2 fully saturated rings. The van der Waals surface area contributed by atoms with E-state index in [4.69, 9.17) is 26.3 Å². The summed E-state index contributed by atoms with van der Waals surface area (Å²) in [5, 5.41) is 12.9. The fourth-order valence-electron chi connectivity index (χ4n) is 4.91. The van der Waals surface area contributed by atoms with Gasteiger partial charge in [-0.2, -0.15) is 0 Å². The number of carboxylic acids is 1. The van der Waals surface area contributed by atoms with Gasteiger partial charge in [-0.15, -0.1) is 0 Å². The number of allylic oxidation sites excluding steroid dienone is 4. The molecular weight excluding hydrogens is 547 g/mol. The third-order valence-corrected chi connectivity index (χ3v) is 7.71. The predicted molar refractivity (Wildman–Crippen MR) is 159 cm³/mol. The average Bonchev–Trinajstić information content (AvgIpc) is 3.29. The zero-order valence-electron chi connectivity index (χ0n) is 23.0. The molecule has 2 aliphatic heterocycles. The molecule has 0 amide bonds. The molecule has 2 aliphatic rings. The molecule has 9 nitrogen and oxygen atoms in total. The molecule has 4 heterocycles. The number of anilines is 2. The summed E-state index contributed by atoms with van der Waals surface area (Å²) in [6.07, 6.45) is 3.76. The van der Waals surface area contributed by atoms with Crippen LogP contribution in [0, 0.1) is 0 Å². The summed E-state index contributed by atoms with van der Waals surface area (Å²) in [5.41, 5.74) is 2.39. The maximum absolute atomic E-state index is 14.3. The first-order chi connectivity index (χ1) is 19.8. The molecule has 0 aliphatic carbocycles. The molecular formula is C30H34ClFN6O3. The number of carbonyl (C=O) groups is 1. The molecule has 0 unspecified atom stereocenters. The van der Waals surface area contributed by atoms with Gasteiger partial charge >= 0.3 is 5.97 Å². The molecule has 0 saturated carbocycles. The number of aromatic carboxylic acids is 1. The first-order valence-electron chi connectivity index (χ1n) is 13.7. The highest BCUT2D eigenvalue weighted by Gasteiger charge is 2.25. The van der Waals surface area contributed by atoms with Crippen molar-refractivity contribution in [1.82, 2.24) is 19.4 Å². The molecule has 0 radical (unpaired) electrons. The van der Waals surface area contributed by atoms with Crippen LogP contribution < -0.4 is 10.2 Å². The Labute approximate surface area is 243 Å². The minimum Gasteiger partial charge on any atom is -0.478 e. The van der Waals surface area contributed by atoms with Crippen molar-refractivity contribution in [3.8, 4) is 0 Å². The third kappa shape index (κ3) is 6.95. The van der Waals surface area contributed by atoms with Crippen molar-refractivity contribution in [3.63, 3.8) is 0 Å². The largest absolute Gasteiger partial charge is 0.478 e. The number of carboxylic acid groups (broad SMARTS) is 1. The van der Waals surface area contributed by atoms with Gasteiger partial charge in [0, 0.05) is 44.4 Å². The van der Waals surface area contributed by atoms with Crippen molar-refractivity contribution >= 4 is 40.2 Å². The summed E-state index contributed by atoms with van der Waals surface area (Å²) >= 11 is 5.85. The number of nitrogens with zero attached hydrogens (tertiary/aromatic N) is 5. The number of imidazole rings is 1. The van der Waals surface area contributed by atoms with Gasteiger partial charge in [-0.25, -0.2) is 19.2 Å². The van der Waals surface area contributed by atoms with Crippen molar-refractivity contribution in [2.75, 3.05) is 49.5 Å². The fourth-order valence-corrected chi connectivity index (χ4v) is 5.00. The van der Waals surface area contributed by atoms with E-state index in [0.717, 1.165) is 61.9 Å². The highest BCUT2D eigenvalue weighted by Crippen LogP contribution is 2.24. The van der Waals surface area contributed by atoms with Crippen molar-refractivity contribution in [3.05, 3.63) is 82.9 Å². The predicted octanol–water partition coefficient (Wildman–Crippen LogP) is 5.20. The minimum atomic E-state index is -0.950. The van der Waals surface area contributed by atoms with Gasteiger partial charge in [0.25, 0.3) is 0 Å². The number of halogens is 2. The van der Waals surface area contributed by atoms with E-state index < -0.39 is 11.8 Å². The SMILES string of the molecule is C=C/C(Cl)=C\C(F)=C(/C)CNc1cccc(N2CCN(Cc3nc4ccc(C(=O)O)cc4n3C[C@@H]3CCO3)CC2)n1. The van der Waals surface area contributed by atoms with Gasteiger partial charge < -0.3 is 24.6 Å². The molecule has 216 valence electrons. The Kier molecular flexibility index (Phi) is 9.02. The Bertz CT molecular complexity index is 1490. The Hall–Kier alpha value is -3.73. The van der Waals surface area contributed by atoms with Gasteiger partial charge in [-0.1, -0.05) is 30.3 Å². The number of hydrogen-bond acceptors (Lipinski definition) is 7. The smallest absolute Gasteiger partial charge is 0.335 e. The standard InChI is InChI=1S/C30H34ClFN6O3/c1-3-22(31)16-24(32)20(2)17-33-27-5-4-6-28(35-27)37-12-10-36(11-13-37)19-29-34-25-8-7-21(30(39)40)15-26(25)38(29)18-23-9-14-41-23/h3-8,15-16,23H,1,9-14,17-19H2,2H3,(H,33,35)(H,39,40)/b22-16+,24-20-/t23-/m0/s1. The summed E-state index contributed by atoms with van der Waals surface area (Å²) < 4.78 is 22.1. The van der Waals surface area contributed by atoms with Crippen LogP contribution in [-0.4, -0.2) is 75.9 Å². The van der Waals surface area contributed by atoms with Crippen LogP contribution in [0.4, 0.5) is 16.0 Å². The number of pyridine rings is 1. The van der Waals surface area contributed by atoms with E-state index in [9.17, 15) is 14.3 Å². The van der Waals surface area contributed by atoms with E-state index in [1.165, 1.54) is 12.2 Å². The minimum absolute atomic E-state index is 0.126. The average molecular weight is 581 g/mol. The van der Waals surface area contributed by atoms with Crippen LogP contribution in [0.1, 0.15) is 29.5 Å². The lowest BCUT2D eigenvalue weighted by Crippen LogP contribution is -2.46. The topological polar surface area (TPSA) is 95.8 Å². The van der Waals surface area contributed by atoms with Crippen LogP contribution in [0.15, 0.2) is 71.6 Å². The lowest BCUT2D eigenvalue weighted by Gasteiger charge is -2.35. The second-order valence-electron chi connectivity index (χ2n) is 10.3. The molecule has 41 heavy (non-hydrogen) atoms. The van der Waals surface area contributed by atoms with E-state index in [2.05, 4.69) is 26.3 Å². The van der Waals surface area contributed by atoms with Crippen LogP contribution in [0.25, 0.3) is 11.0 Å². The molecule has 0 spiro atoms. The summed E-state index contributed by atoms with van der Waals surface area (Å²) in [6, 6.07) is 10.9. The van der Waals surface area contributed by atoms with Crippen molar-refractivity contribution in [2.45, 2.75) is 32.5 Å². The van der Waals surface area contributed by atoms with E-state index in [1.54, 1.807) is 25.1 Å². The van der Waals surface area contributed by atoms with E-state index >= 15 is 0 Å². The van der Waals surface area contributed by atoms with Crippen molar-refractivity contribution in [2.24, 2.45) is 0 Å². The van der Waals surface area contributed by atoms with Crippen molar-refractivity contribution < 1.29 is 19.0 Å². The lowest BCUT2D eigenvalue weighted by molar-refractivity contribution is -0.0592. The summed E-state index contributed by atoms with van der Waals surface area (Å²) in [4.78, 5) is 25.8. The van der Waals surface area contributed by atoms with E-state index in [-0.39, 0.29) is 16.7 Å². The quantitative estimate of drug-likeness (QED) is 0.299. The van der Waals surface area contributed by atoms with Crippen LogP contribution in [0.5, 0.6) is 0 Å². The monoisotopic (exact) mass is 580 g/mol. The maximum atomic E-state index is 14.3. The van der Waals surface area contributed by atoms with Crippen LogP contribution >= 0.6 is 11.6 Å². The van der Waals surface area contributed by atoms with Gasteiger partial charge in [-0.05, 0) is 55.3 Å². The van der Waals surface area contributed by atoms with Gasteiger partial charge in [0.05, 0.1) is 35.8 Å². The molecule has 2 aromatic heterocycles. The number of fused-ring (bicyclic) bond motifs is 1. The number of hydrogen-bond donors (Lipinski definition) is 2. The van der Waals surface area contributed by atoms with E-state index in [1.807, 2.05) is 18.2 Å². The number of piperazine rings is 1. The molecule has 1 atom stereocenters. The molecule has 11 heteroatoms. The van der Waals surface area contributed by atoms with Gasteiger partial charge in [-0.3, -0.25) is 4.90 Å². The maximum Gasteiger partial charge on any atom is 0.335 e. The van der Waals surface area contributed by atoms with Gasteiger partial charge in [0.1, 0.15) is 23.3 Å². The number of aromatic nitrogens is 3. The van der Waals surface area contributed by atoms with Crippen LogP contribution in [-0.2, 0) is 17.8 Å². The first kappa shape index (κ1) is 28.8. The van der Waals surface area contributed by atoms with Crippen LogP contribution in [0.2, 0.25) is 0 Å². The molecule has 1 aromatic carbocycles. The number of benzene rings is 1. The first-order valence-corrected chi connectivity index (χ1v) is 14.1. The van der Waals surface area contributed by atoms with Crippen molar-refractivity contribution in [1.29, 1.82) is 0 Å². The lowest BCUT2D eigenvalue weighted by atomic mass is 10.1. The zero-order valence-corrected chi connectivity index (χ0v) is 23.8. The molecule has 2 saturated heterocycles. The summed E-state index contributed by atoms with van der Waals surface area (Å²) in [6.45, 7) is 10.9. The third-order valence-electron chi connectivity index (χ3n) is 7.45. The molecule has 3 aromatic rings. The second kappa shape index (κ2) is 12.8. The fraction of sp³-hybridized carbons (Fsp3) is 0.367. The highest BCUT2D eigenvalue weighted by molar-refractivity contribution is 6.31. The zero-order chi connectivity index (χ0) is 28.9.